The van der Waals surface area contributed by atoms with Crippen LogP contribution in [0.15, 0.2) is 42.6 Å². The number of hydrogen-bond acceptors (Lipinski definition) is 6. The van der Waals surface area contributed by atoms with Gasteiger partial charge in [0.15, 0.2) is 0 Å². The van der Waals surface area contributed by atoms with Gasteiger partial charge in [-0.2, -0.15) is 10.4 Å². The van der Waals surface area contributed by atoms with Crippen LogP contribution in [0.3, 0.4) is 0 Å². The van der Waals surface area contributed by atoms with Gasteiger partial charge in [-0.25, -0.2) is 8.78 Å². The van der Waals surface area contributed by atoms with Gasteiger partial charge < -0.3 is 15.7 Å². The number of rotatable bonds is 5. The Morgan fingerprint density at radius 1 is 1.18 bits per heavy atom. The van der Waals surface area contributed by atoms with Gasteiger partial charge in [0, 0.05) is 52.8 Å². The van der Waals surface area contributed by atoms with Crippen LogP contribution in [-0.2, 0) is 6.54 Å². The van der Waals surface area contributed by atoms with E-state index in [-0.39, 0.29) is 23.1 Å². The van der Waals surface area contributed by atoms with Crippen molar-refractivity contribution in [3.63, 3.8) is 0 Å². The Bertz CT molecular complexity index is 1630. The molecule has 7 nitrogen and oxygen atoms in total. The summed E-state index contributed by atoms with van der Waals surface area (Å²) >= 11 is 1.15. The Morgan fingerprint density at radius 2 is 2.00 bits per heavy atom. The van der Waals surface area contributed by atoms with Crippen LogP contribution in [-0.4, -0.2) is 50.4 Å². The molecule has 10 heteroatoms. The number of thiophene rings is 1. The Labute approximate surface area is 228 Å². The summed E-state index contributed by atoms with van der Waals surface area (Å²) in [6.07, 6.45) is 5.83. The smallest absolute Gasteiger partial charge is 0.264 e. The van der Waals surface area contributed by atoms with Crippen LogP contribution in [0.5, 0.6) is 0 Å². The first-order valence-electron chi connectivity index (χ1n) is 13.0. The summed E-state index contributed by atoms with van der Waals surface area (Å²) < 4.78 is 31.9. The molecule has 1 saturated carbocycles. The van der Waals surface area contributed by atoms with Gasteiger partial charge in [0.2, 0.25) is 0 Å². The predicted octanol–water partition coefficient (Wildman–Crippen LogP) is 5.06. The zero-order valence-electron chi connectivity index (χ0n) is 21.2. The van der Waals surface area contributed by atoms with Crippen molar-refractivity contribution in [2.45, 2.75) is 50.3 Å². The molecule has 39 heavy (non-hydrogen) atoms. The number of likely N-dealkylation sites (tertiary alicyclic amines) is 1. The Balaban J connectivity index is 1.44. The van der Waals surface area contributed by atoms with Crippen molar-refractivity contribution in [2.24, 2.45) is 5.73 Å². The summed E-state index contributed by atoms with van der Waals surface area (Å²) in [4.78, 5) is 16.0. The molecular formula is C29H27F2N5O2S. The van der Waals surface area contributed by atoms with Gasteiger partial charge in [-0.15, -0.1) is 11.3 Å². The van der Waals surface area contributed by atoms with E-state index in [4.69, 9.17) is 11.0 Å². The van der Waals surface area contributed by atoms with Crippen LogP contribution in [0.4, 0.5) is 8.78 Å². The number of nitrogens with two attached hydrogens (primary N) is 1. The fourth-order valence-electron chi connectivity index (χ4n) is 5.43. The highest BCUT2D eigenvalue weighted by atomic mass is 32.1. The second kappa shape index (κ2) is 9.83. The number of nitriles is 1. The molecular weight excluding hydrogens is 520 g/mol. The maximum Gasteiger partial charge on any atom is 0.264 e. The van der Waals surface area contributed by atoms with E-state index in [0.29, 0.717) is 64.3 Å². The SMILES string of the molecule is N#Cc1ccc(-c2cc(C(=O)N3CCC[C@@H](N)C3)sc2-c2cc3cn(CC4(O)CCC4)nc3cc2F)cc1F. The number of amides is 1. The molecule has 1 aliphatic carbocycles. The average Bonchev–Trinajstić information content (AvgIpc) is 3.50. The van der Waals surface area contributed by atoms with Crippen molar-refractivity contribution in [2.75, 3.05) is 13.1 Å². The summed E-state index contributed by atoms with van der Waals surface area (Å²) in [6, 6.07) is 10.6. The quantitative estimate of drug-likeness (QED) is 0.363. The second-order valence-corrected chi connectivity index (χ2v) is 11.7. The van der Waals surface area contributed by atoms with Crippen molar-refractivity contribution in [3.05, 3.63) is 64.7 Å². The number of aromatic nitrogens is 2. The normalized spacial score (nSPS) is 18.6. The van der Waals surface area contributed by atoms with Crippen LogP contribution in [0, 0.1) is 23.0 Å². The van der Waals surface area contributed by atoms with Crippen molar-refractivity contribution < 1.29 is 18.7 Å². The van der Waals surface area contributed by atoms with Crippen LogP contribution in [0.25, 0.3) is 32.5 Å². The second-order valence-electron chi connectivity index (χ2n) is 10.6. The summed E-state index contributed by atoms with van der Waals surface area (Å²) in [5.74, 6) is -1.40. The molecule has 0 radical (unpaired) electrons. The molecule has 0 bridgehead atoms. The maximum atomic E-state index is 15.6. The third kappa shape index (κ3) is 4.82. The Kier molecular flexibility index (Phi) is 6.46. The first-order chi connectivity index (χ1) is 18.7. The van der Waals surface area contributed by atoms with E-state index in [1.807, 2.05) is 6.07 Å². The lowest BCUT2D eigenvalue weighted by molar-refractivity contribution is -0.0496. The Morgan fingerprint density at radius 3 is 2.69 bits per heavy atom. The Hall–Kier alpha value is -3.65. The summed E-state index contributed by atoms with van der Waals surface area (Å²) in [5, 5.41) is 24.9. The van der Waals surface area contributed by atoms with Crippen molar-refractivity contribution in [3.8, 4) is 27.6 Å². The van der Waals surface area contributed by atoms with Gasteiger partial charge >= 0.3 is 0 Å². The fourth-order valence-corrected chi connectivity index (χ4v) is 6.60. The number of carbonyl (C=O) groups excluding carboxylic acids is 1. The molecule has 0 spiro atoms. The molecule has 0 unspecified atom stereocenters. The lowest BCUT2D eigenvalue weighted by Crippen LogP contribution is -2.45. The van der Waals surface area contributed by atoms with E-state index in [1.54, 1.807) is 34.0 Å². The molecule has 2 fully saturated rings. The number of piperidine rings is 1. The van der Waals surface area contributed by atoms with Gasteiger partial charge in [0.05, 0.1) is 28.1 Å². The standard InChI is InChI=1S/C29H27F2N5O2S/c30-23-10-17(4-5-18(23)13-32)21-11-26(28(37)35-8-1-3-20(33)15-35)39-27(21)22-9-19-14-36(16-29(38)6-2-7-29)34-25(19)12-24(22)31/h4-5,9-12,14,20,38H,1-3,6-8,15-16,33H2/t20-/m1/s1. The molecule has 4 aromatic rings. The first-order valence-corrected chi connectivity index (χ1v) is 13.8. The molecule has 6 rings (SSSR count). The molecule has 1 saturated heterocycles. The lowest BCUT2D eigenvalue weighted by Gasteiger charge is -2.36. The average molecular weight is 548 g/mol. The van der Waals surface area contributed by atoms with Gasteiger partial charge in [-0.3, -0.25) is 9.48 Å². The first kappa shape index (κ1) is 25.6. The lowest BCUT2D eigenvalue weighted by atomic mass is 9.80. The molecule has 2 aromatic heterocycles. The van der Waals surface area contributed by atoms with E-state index in [1.165, 1.54) is 18.2 Å². The van der Waals surface area contributed by atoms with Gasteiger partial charge in [-0.05, 0) is 61.9 Å². The molecule has 1 atom stereocenters. The van der Waals surface area contributed by atoms with E-state index in [2.05, 4.69) is 5.10 Å². The molecule has 1 amide bonds. The molecule has 2 aliphatic rings. The minimum Gasteiger partial charge on any atom is -0.388 e. The van der Waals surface area contributed by atoms with Crippen molar-refractivity contribution in [1.82, 2.24) is 14.7 Å². The third-order valence-electron chi connectivity index (χ3n) is 7.71. The molecule has 1 aliphatic heterocycles. The zero-order valence-corrected chi connectivity index (χ0v) is 22.0. The number of nitrogens with zero attached hydrogens (tertiary/aromatic N) is 4. The number of benzene rings is 2. The predicted molar refractivity (Wildman–Crippen MR) is 145 cm³/mol. The molecule has 200 valence electrons. The summed E-state index contributed by atoms with van der Waals surface area (Å²) in [6.45, 7) is 1.37. The number of carbonyl (C=O) groups is 1. The summed E-state index contributed by atoms with van der Waals surface area (Å²) in [5.41, 5.74) is 6.89. The van der Waals surface area contributed by atoms with Crippen LogP contribution in [0.2, 0.25) is 0 Å². The van der Waals surface area contributed by atoms with Crippen LogP contribution < -0.4 is 5.73 Å². The van der Waals surface area contributed by atoms with Gasteiger partial charge in [0.25, 0.3) is 5.91 Å². The zero-order chi connectivity index (χ0) is 27.3. The largest absolute Gasteiger partial charge is 0.388 e. The van der Waals surface area contributed by atoms with Crippen LogP contribution in [0.1, 0.15) is 47.3 Å². The highest BCUT2D eigenvalue weighted by Gasteiger charge is 2.35. The van der Waals surface area contributed by atoms with Crippen LogP contribution >= 0.6 is 11.3 Å². The highest BCUT2D eigenvalue weighted by Crippen LogP contribution is 2.42. The number of halogens is 2. The summed E-state index contributed by atoms with van der Waals surface area (Å²) in [7, 11) is 0. The molecule has 3 heterocycles. The van der Waals surface area contributed by atoms with Crippen molar-refractivity contribution in [1.29, 1.82) is 5.26 Å². The minimum atomic E-state index is -0.781. The van der Waals surface area contributed by atoms with E-state index < -0.39 is 17.2 Å². The fraction of sp³-hybridized carbons (Fsp3) is 0.345. The molecule has 3 N–H and O–H groups in total. The highest BCUT2D eigenvalue weighted by molar-refractivity contribution is 7.18. The van der Waals surface area contributed by atoms with E-state index in [0.717, 1.165) is 30.6 Å². The number of fused-ring (bicyclic) bond motifs is 1. The van der Waals surface area contributed by atoms with E-state index in [9.17, 15) is 14.3 Å². The van der Waals surface area contributed by atoms with Crippen molar-refractivity contribution >= 4 is 28.1 Å². The van der Waals surface area contributed by atoms with E-state index >= 15 is 4.39 Å². The minimum absolute atomic E-state index is 0.0939. The third-order valence-corrected chi connectivity index (χ3v) is 8.87. The number of hydrogen-bond donors (Lipinski definition) is 2. The maximum absolute atomic E-state index is 15.6. The van der Waals surface area contributed by atoms with Gasteiger partial charge in [-0.1, -0.05) is 6.07 Å². The monoisotopic (exact) mass is 547 g/mol. The number of aliphatic hydroxyl groups is 1. The van der Waals surface area contributed by atoms with Gasteiger partial charge in [0.1, 0.15) is 17.7 Å². The molecule has 2 aromatic carbocycles. The topological polar surface area (TPSA) is 108 Å².